The Kier molecular flexibility index (Phi) is 6.28. The Hall–Kier alpha value is -2.19. The predicted molar refractivity (Wildman–Crippen MR) is 97.2 cm³/mol. The van der Waals surface area contributed by atoms with Crippen LogP contribution in [0.1, 0.15) is 23.2 Å². The summed E-state index contributed by atoms with van der Waals surface area (Å²) >= 11 is 1.56. The van der Waals surface area contributed by atoms with Crippen molar-refractivity contribution in [3.8, 4) is 5.75 Å². The molecule has 0 bridgehead atoms. The van der Waals surface area contributed by atoms with Gasteiger partial charge in [0.05, 0.1) is 11.7 Å². The zero-order valence-electron chi connectivity index (χ0n) is 14.3. The molecule has 0 aliphatic carbocycles. The minimum absolute atomic E-state index is 0.201. The molecule has 2 aromatic rings. The number of amides is 1. The molecule has 144 valence electrons. The van der Waals surface area contributed by atoms with Crippen molar-refractivity contribution in [2.45, 2.75) is 30.2 Å². The van der Waals surface area contributed by atoms with Gasteiger partial charge in [-0.1, -0.05) is 12.1 Å². The first-order valence-electron chi connectivity index (χ1n) is 8.41. The fourth-order valence-corrected chi connectivity index (χ4v) is 3.80. The van der Waals surface area contributed by atoms with Crippen molar-refractivity contribution in [2.24, 2.45) is 0 Å². The van der Waals surface area contributed by atoms with Gasteiger partial charge >= 0.3 is 6.36 Å². The third-order valence-corrected chi connectivity index (χ3v) is 5.13. The van der Waals surface area contributed by atoms with Crippen molar-refractivity contribution in [1.29, 1.82) is 0 Å². The number of hydrogen-bond acceptors (Lipinski definition) is 4. The van der Waals surface area contributed by atoms with E-state index in [4.69, 9.17) is 4.74 Å². The van der Waals surface area contributed by atoms with Crippen LogP contribution in [-0.4, -0.2) is 30.7 Å². The molecular formula is C19H18F3NO3S. The van der Waals surface area contributed by atoms with E-state index in [1.54, 1.807) is 23.9 Å². The van der Waals surface area contributed by atoms with Gasteiger partial charge in [-0.25, -0.2) is 0 Å². The predicted octanol–water partition coefficient (Wildman–Crippen LogP) is 5.11. The minimum Gasteiger partial charge on any atom is -0.406 e. The highest BCUT2D eigenvalue weighted by atomic mass is 32.2. The van der Waals surface area contributed by atoms with Crippen LogP contribution in [-0.2, 0) is 4.74 Å². The standard InChI is InChI=1S/C19H18F3NO3S/c20-19(21,22)26-14-9-7-13(8-10-14)23-18(24)16-5-1-2-6-17(16)27-12-15-4-3-11-25-15/h1-2,5-10,15H,3-4,11-12H2,(H,23,24)/t15-/m0/s1. The smallest absolute Gasteiger partial charge is 0.406 e. The third kappa shape index (κ3) is 5.90. The monoisotopic (exact) mass is 397 g/mol. The molecule has 1 N–H and O–H groups in total. The Labute approximate surface area is 159 Å². The number of carbonyl (C=O) groups excluding carboxylic acids is 1. The number of alkyl halides is 3. The van der Waals surface area contributed by atoms with Gasteiger partial charge in [-0.05, 0) is 49.2 Å². The minimum atomic E-state index is -4.75. The van der Waals surface area contributed by atoms with E-state index in [1.807, 2.05) is 12.1 Å². The lowest BCUT2D eigenvalue weighted by Crippen LogP contribution is -2.17. The highest BCUT2D eigenvalue weighted by Crippen LogP contribution is 2.28. The zero-order valence-corrected chi connectivity index (χ0v) is 15.1. The van der Waals surface area contributed by atoms with E-state index in [-0.39, 0.29) is 17.8 Å². The van der Waals surface area contributed by atoms with Crippen LogP contribution in [0.25, 0.3) is 0 Å². The maximum absolute atomic E-state index is 12.6. The highest BCUT2D eigenvalue weighted by molar-refractivity contribution is 7.99. The second kappa shape index (κ2) is 8.67. The SMILES string of the molecule is O=C(Nc1ccc(OC(F)(F)F)cc1)c1ccccc1SC[C@@H]1CCCO1. The Balaban J connectivity index is 1.63. The van der Waals surface area contributed by atoms with E-state index >= 15 is 0 Å². The molecule has 1 aliphatic heterocycles. The molecule has 3 rings (SSSR count). The largest absolute Gasteiger partial charge is 0.573 e. The number of thioether (sulfide) groups is 1. The summed E-state index contributed by atoms with van der Waals surface area (Å²) in [6.07, 6.45) is -2.47. The molecule has 0 spiro atoms. The van der Waals surface area contributed by atoms with Crippen molar-refractivity contribution < 1.29 is 27.4 Å². The van der Waals surface area contributed by atoms with Gasteiger partial charge in [-0.2, -0.15) is 0 Å². The molecule has 2 aromatic carbocycles. The lowest BCUT2D eigenvalue weighted by molar-refractivity contribution is -0.274. The van der Waals surface area contributed by atoms with Crippen molar-refractivity contribution in [1.82, 2.24) is 0 Å². The number of halogens is 3. The molecule has 0 saturated carbocycles. The van der Waals surface area contributed by atoms with Crippen LogP contribution >= 0.6 is 11.8 Å². The maximum Gasteiger partial charge on any atom is 0.573 e. The second-order valence-electron chi connectivity index (χ2n) is 5.97. The maximum atomic E-state index is 12.6. The zero-order chi connectivity index (χ0) is 19.3. The van der Waals surface area contributed by atoms with Gasteiger partial charge in [0, 0.05) is 22.9 Å². The van der Waals surface area contributed by atoms with Crippen molar-refractivity contribution in [3.05, 3.63) is 54.1 Å². The van der Waals surface area contributed by atoms with E-state index in [9.17, 15) is 18.0 Å². The molecule has 27 heavy (non-hydrogen) atoms. The summed E-state index contributed by atoms with van der Waals surface area (Å²) in [5, 5.41) is 2.70. The summed E-state index contributed by atoms with van der Waals surface area (Å²) in [5.74, 6) is 0.108. The fourth-order valence-electron chi connectivity index (χ4n) is 2.68. The van der Waals surface area contributed by atoms with Crippen LogP contribution in [0.5, 0.6) is 5.75 Å². The molecule has 1 amide bonds. The first kappa shape index (κ1) is 19.6. The Morgan fingerprint density at radius 1 is 1.19 bits per heavy atom. The number of ether oxygens (including phenoxy) is 2. The quantitative estimate of drug-likeness (QED) is 0.689. The number of carbonyl (C=O) groups is 1. The summed E-state index contributed by atoms with van der Waals surface area (Å²) in [5.41, 5.74) is 0.893. The number of hydrogen-bond donors (Lipinski definition) is 1. The molecule has 0 unspecified atom stereocenters. The van der Waals surface area contributed by atoms with Gasteiger partial charge in [-0.3, -0.25) is 4.79 Å². The van der Waals surface area contributed by atoms with Crippen LogP contribution < -0.4 is 10.1 Å². The Morgan fingerprint density at radius 2 is 1.93 bits per heavy atom. The molecule has 1 saturated heterocycles. The van der Waals surface area contributed by atoms with E-state index < -0.39 is 6.36 Å². The van der Waals surface area contributed by atoms with Crippen molar-refractivity contribution in [3.63, 3.8) is 0 Å². The summed E-state index contributed by atoms with van der Waals surface area (Å²) < 4.78 is 46.0. The van der Waals surface area contributed by atoms with E-state index in [0.717, 1.165) is 42.2 Å². The number of anilines is 1. The van der Waals surface area contributed by atoms with Gasteiger partial charge in [0.25, 0.3) is 5.91 Å². The molecule has 1 atom stereocenters. The van der Waals surface area contributed by atoms with Crippen molar-refractivity contribution >= 4 is 23.4 Å². The van der Waals surface area contributed by atoms with E-state index in [1.165, 1.54) is 12.1 Å². The fraction of sp³-hybridized carbons (Fsp3) is 0.316. The van der Waals surface area contributed by atoms with Crippen LogP contribution in [0.15, 0.2) is 53.4 Å². The number of benzene rings is 2. The summed E-state index contributed by atoms with van der Waals surface area (Å²) in [4.78, 5) is 13.4. The van der Waals surface area contributed by atoms with Crippen LogP contribution in [0, 0.1) is 0 Å². The summed E-state index contributed by atoms with van der Waals surface area (Å²) in [6, 6.07) is 12.2. The average Bonchev–Trinajstić information content (AvgIpc) is 3.14. The Bertz CT molecular complexity index is 775. The number of nitrogens with one attached hydrogen (secondary N) is 1. The summed E-state index contributed by atoms with van der Waals surface area (Å²) in [7, 11) is 0. The Morgan fingerprint density at radius 3 is 2.59 bits per heavy atom. The molecule has 1 fully saturated rings. The molecule has 8 heteroatoms. The molecule has 1 heterocycles. The summed E-state index contributed by atoms with van der Waals surface area (Å²) in [6.45, 7) is 0.779. The van der Waals surface area contributed by atoms with Gasteiger partial charge in [0.1, 0.15) is 5.75 Å². The van der Waals surface area contributed by atoms with Gasteiger partial charge in [0.15, 0.2) is 0 Å². The molecule has 4 nitrogen and oxygen atoms in total. The highest BCUT2D eigenvalue weighted by Gasteiger charge is 2.31. The molecular weight excluding hydrogens is 379 g/mol. The van der Waals surface area contributed by atoms with Crippen LogP contribution in [0.3, 0.4) is 0 Å². The number of rotatable bonds is 6. The van der Waals surface area contributed by atoms with Crippen molar-refractivity contribution in [2.75, 3.05) is 17.7 Å². The normalized spacial score (nSPS) is 16.9. The molecule has 0 radical (unpaired) electrons. The van der Waals surface area contributed by atoms with E-state index in [2.05, 4.69) is 10.1 Å². The second-order valence-corrected chi connectivity index (χ2v) is 7.03. The first-order valence-corrected chi connectivity index (χ1v) is 9.40. The topological polar surface area (TPSA) is 47.6 Å². The van der Waals surface area contributed by atoms with E-state index in [0.29, 0.717) is 11.3 Å². The van der Waals surface area contributed by atoms with Gasteiger partial charge in [-0.15, -0.1) is 24.9 Å². The van der Waals surface area contributed by atoms with Gasteiger partial charge < -0.3 is 14.8 Å². The average molecular weight is 397 g/mol. The third-order valence-electron chi connectivity index (χ3n) is 3.93. The van der Waals surface area contributed by atoms with Crippen LogP contribution in [0.4, 0.5) is 18.9 Å². The van der Waals surface area contributed by atoms with Crippen LogP contribution in [0.2, 0.25) is 0 Å². The lowest BCUT2D eigenvalue weighted by Gasteiger charge is -2.13. The first-order chi connectivity index (χ1) is 12.9. The molecule has 0 aromatic heterocycles. The lowest BCUT2D eigenvalue weighted by atomic mass is 10.2. The van der Waals surface area contributed by atoms with Gasteiger partial charge in [0.2, 0.25) is 0 Å². The molecule has 1 aliphatic rings.